The molecular weight excluding hydrogens is 290 g/mol. The van der Waals surface area contributed by atoms with Crippen LogP contribution in [0.1, 0.15) is 25.3 Å². The largest absolute Gasteiger partial charge is 0.434 e. The summed E-state index contributed by atoms with van der Waals surface area (Å²) < 4.78 is 28.7. The summed E-state index contributed by atoms with van der Waals surface area (Å²) in [6.45, 7) is 0.673. The van der Waals surface area contributed by atoms with E-state index in [0.29, 0.717) is 17.7 Å². The lowest BCUT2D eigenvalue weighted by atomic mass is 10.1. The van der Waals surface area contributed by atoms with Gasteiger partial charge in [-0.3, -0.25) is 4.79 Å². The molecule has 1 rings (SSSR count). The van der Waals surface area contributed by atoms with Crippen molar-refractivity contribution in [3.8, 4) is 5.75 Å². The van der Waals surface area contributed by atoms with Gasteiger partial charge in [-0.1, -0.05) is 19.4 Å². The number of alkyl halides is 2. The van der Waals surface area contributed by atoms with Crippen LogP contribution in [-0.2, 0) is 4.79 Å². The molecule has 7 heteroatoms. The highest BCUT2D eigenvalue weighted by Crippen LogP contribution is 2.24. The van der Waals surface area contributed by atoms with Crippen LogP contribution in [0.2, 0.25) is 0 Å². The summed E-state index contributed by atoms with van der Waals surface area (Å²) >= 11 is 0. The number of carbonyl (C=O) groups excluding carboxylic acids is 1. The molecule has 0 aliphatic rings. The Morgan fingerprint density at radius 2 is 2.10 bits per heavy atom. The zero-order valence-corrected chi connectivity index (χ0v) is 12.2. The van der Waals surface area contributed by atoms with Gasteiger partial charge in [0.1, 0.15) is 5.75 Å². The quantitative estimate of drug-likeness (QED) is 0.849. The van der Waals surface area contributed by atoms with Crippen LogP contribution in [0.3, 0.4) is 0 Å². The maximum Gasteiger partial charge on any atom is 0.387 e. The van der Waals surface area contributed by atoms with Gasteiger partial charge in [0, 0.05) is 11.8 Å². The van der Waals surface area contributed by atoms with Gasteiger partial charge >= 0.3 is 6.61 Å². The number of hydrogen-bond acceptors (Lipinski definition) is 3. The molecule has 0 aliphatic carbocycles. The normalized spacial score (nSPS) is 11.7. The molecule has 20 heavy (non-hydrogen) atoms. The number of benzene rings is 1. The third kappa shape index (κ3) is 5.71. The molecule has 0 heterocycles. The minimum Gasteiger partial charge on any atom is -0.434 e. The molecule has 0 fully saturated rings. The van der Waals surface area contributed by atoms with E-state index >= 15 is 0 Å². The van der Waals surface area contributed by atoms with Crippen LogP contribution in [0, 0.1) is 6.92 Å². The Bertz CT molecular complexity index is 444. The van der Waals surface area contributed by atoms with E-state index in [1.165, 1.54) is 6.07 Å². The van der Waals surface area contributed by atoms with Gasteiger partial charge in [0.25, 0.3) is 0 Å². The molecular formula is C13H19ClF2N2O2. The molecule has 0 aromatic heterocycles. The molecule has 1 atom stereocenters. The Morgan fingerprint density at radius 1 is 1.45 bits per heavy atom. The van der Waals surface area contributed by atoms with E-state index in [4.69, 9.17) is 5.73 Å². The molecule has 114 valence electrons. The minimum absolute atomic E-state index is 0. The van der Waals surface area contributed by atoms with Gasteiger partial charge in [-0.05, 0) is 25.0 Å². The third-order valence-electron chi connectivity index (χ3n) is 2.61. The Hall–Kier alpha value is -1.40. The summed E-state index contributed by atoms with van der Waals surface area (Å²) in [6.07, 6.45) is 1.36. The van der Waals surface area contributed by atoms with Gasteiger partial charge < -0.3 is 15.8 Å². The number of rotatable bonds is 6. The van der Waals surface area contributed by atoms with Crippen molar-refractivity contribution in [3.05, 3.63) is 23.8 Å². The molecule has 0 saturated heterocycles. The molecule has 1 unspecified atom stereocenters. The number of nitrogens with two attached hydrogens (primary N) is 1. The zero-order valence-electron chi connectivity index (χ0n) is 11.4. The lowest BCUT2D eigenvalue weighted by Gasteiger charge is -2.13. The van der Waals surface area contributed by atoms with Crippen LogP contribution >= 0.6 is 12.4 Å². The Labute approximate surface area is 123 Å². The van der Waals surface area contributed by atoms with E-state index in [-0.39, 0.29) is 24.1 Å². The van der Waals surface area contributed by atoms with E-state index in [9.17, 15) is 13.6 Å². The second-order valence-corrected chi connectivity index (χ2v) is 4.24. The van der Waals surface area contributed by atoms with Crippen LogP contribution in [0.4, 0.5) is 14.5 Å². The molecule has 0 bridgehead atoms. The second kappa shape index (κ2) is 8.71. The van der Waals surface area contributed by atoms with Crippen LogP contribution in [0.5, 0.6) is 5.75 Å². The number of halogens is 3. The lowest BCUT2D eigenvalue weighted by Crippen LogP contribution is -2.35. The molecule has 1 aromatic rings. The smallest absolute Gasteiger partial charge is 0.387 e. The Morgan fingerprint density at radius 3 is 2.65 bits per heavy atom. The van der Waals surface area contributed by atoms with Crippen LogP contribution < -0.4 is 15.8 Å². The molecule has 3 N–H and O–H groups in total. The van der Waals surface area contributed by atoms with Gasteiger partial charge in [-0.15, -0.1) is 12.4 Å². The fraction of sp³-hybridized carbons (Fsp3) is 0.462. The fourth-order valence-corrected chi connectivity index (χ4v) is 1.58. The minimum atomic E-state index is -2.90. The van der Waals surface area contributed by atoms with E-state index in [0.717, 1.165) is 6.42 Å². The number of hydrogen-bond donors (Lipinski definition) is 2. The number of carbonyl (C=O) groups is 1. The van der Waals surface area contributed by atoms with Crippen molar-refractivity contribution >= 4 is 24.0 Å². The maximum atomic E-state index is 12.2. The van der Waals surface area contributed by atoms with E-state index < -0.39 is 12.7 Å². The van der Waals surface area contributed by atoms with E-state index in [2.05, 4.69) is 10.1 Å². The molecule has 0 aliphatic heterocycles. The molecule has 0 spiro atoms. The van der Waals surface area contributed by atoms with Crippen molar-refractivity contribution < 1.29 is 18.3 Å². The summed E-state index contributed by atoms with van der Waals surface area (Å²) in [5.41, 5.74) is 6.61. The van der Waals surface area contributed by atoms with Crippen molar-refractivity contribution in [2.24, 2.45) is 5.73 Å². The predicted molar refractivity (Wildman–Crippen MR) is 76.6 cm³/mol. The van der Waals surface area contributed by atoms with Gasteiger partial charge in [-0.25, -0.2) is 0 Å². The highest BCUT2D eigenvalue weighted by Gasteiger charge is 2.14. The van der Waals surface area contributed by atoms with Crippen molar-refractivity contribution in [3.63, 3.8) is 0 Å². The monoisotopic (exact) mass is 308 g/mol. The first-order chi connectivity index (χ1) is 8.93. The third-order valence-corrected chi connectivity index (χ3v) is 2.61. The summed E-state index contributed by atoms with van der Waals surface area (Å²) in [5, 5.41) is 2.58. The van der Waals surface area contributed by atoms with Gasteiger partial charge in [0.05, 0.1) is 6.04 Å². The molecule has 4 nitrogen and oxygen atoms in total. The summed E-state index contributed by atoms with van der Waals surface area (Å²) in [6, 6.07) is 3.96. The number of anilines is 1. The Balaban J connectivity index is 0.00000361. The van der Waals surface area contributed by atoms with Crippen molar-refractivity contribution in [1.29, 1.82) is 0 Å². The van der Waals surface area contributed by atoms with Gasteiger partial charge in [-0.2, -0.15) is 8.78 Å². The summed E-state index contributed by atoms with van der Waals surface area (Å²) in [7, 11) is 0. The lowest BCUT2D eigenvalue weighted by molar-refractivity contribution is -0.117. The molecule has 0 saturated carbocycles. The summed E-state index contributed by atoms with van der Waals surface area (Å²) in [5.74, 6) is -0.300. The van der Waals surface area contributed by atoms with Crippen LogP contribution in [0.25, 0.3) is 0 Å². The summed E-state index contributed by atoms with van der Waals surface area (Å²) in [4.78, 5) is 11.7. The highest BCUT2D eigenvalue weighted by molar-refractivity contribution is 5.94. The average molecular weight is 309 g/mol. The molecule has 0 radical (unpaired) electrons. The van der Waals surface area contributed by atoms with E-state index in [1.54, 1.807) is 19.1 Å². The van der Waals surface area contributed by atoms with Gasteiger partial charge in [0.15, 0.2) is 0 Å². The Kier molecular flexibility index (Phi) is 8.10. The topological polar surface area (TPSA) is 64.4 Å². The van der Waals surface area contributed by atoms with Crippen LogP contribution in [-0.4, -0.2) is 18.6 Å². The average Bonchev–Trinajstić information content (AvgIpc) is 2.33. The number of ether oxygens (including phenoxy) is 1. The van der Waals surface area contributed by atoms with Gasteiger partial charge in [0.2, 0.25) is 5.91 Å². The first-order valence-corrected chi connectivity index (χ1v) is 6.06. The number of nitrogens with one attached hydrogen (secondary N) is 1. The van der Waals surface area contributed by atoms with Crippen molar-refractivity contribution in [1.82, 2.24) is 0 Å². The zero-order chi connectivity index (χ0) is 14.4. The maximum absolute atomic E-state index is 12.2. The predicted octanol–water partition coefficient (Wildman–Crippen LogP) is 3.08. The fourth-order valence-electron chi connectivity index (χ4n) is 1.58. The molecule has 1 aromatic carbocycles. The van der Waals surface area contributed by atoms with Crippen molar-refractivity contribution in [2.45, 2.75) is 39.3 Å². The molecule has 1 amide bonds. The second-order valence-electron chi connectivity index (χ2n) is 4.24. The first-order valence-electron chi connectivity index (χ1n) is 6.06. The first kappa shape index (κ1) is 18.6. The SMILES string of the molecule is CCCC(N)C(=O)Nc1ccc(C)c(OC(F)F)c1.Cl. The highest BCUT2D eigenvalue weighted by atomic mass is 35.5. The van der Waals surface area contributed by atoms with Crippen molar-refractivity contribution in [2.75, 3.05) is 5.32 Å². The van der Waals surface area contributed by atoms with E-state index in [1.807, 2.05) is 6.92 Å². The number of amides is 1. The number of aryl methyl sites for hydroxylation is 1. The standard InChI is InChI=1S/C13H18F2N2O2.ClH/c1-3-4-10(16)12(18)17-9-6-5-8(2)11(7-9)19-13(14)15;/h5-7,10,13H,3-4,16H2,1-2H3,(H,17,18);1H. The van der Waals surface area contributed by atoms with Crippen LogP contribution in [0.15, 0.2) is 18.2 Å².